The smallest absolute Gasteiger partial charge is 0.242 e. The third kappa shape index (κ3) is 5.33. The van der Waals surface area contributed by atoms with Gasteiger partial charge in [-0.25, -0.2) is 0 Å². The number of rotatable bonds is 8. The highest BCUT2D eigenvalue weighted by Gasteiger charge is 2.24. The number of amides is 1. The third-order valence-corrected chi connectivity index (χ3v) is 6.36. The zero-order valence-corrected chi connectivity index (χ0v) is 17.9. The molecule has 1 amide bonds. The molecule has 146 valence electrons. The maximum atomic E-state index is 13.2. The lowest BCUT2D eigenvalue weighted by atomic mass is 10.1. The molecule has 0 saturated heterocycles. The summed E-state index contributed by atoms with van der Waals surface area (Å²) in [6, 6.07) is 15.8. The number of hydrogen-bond donors (Lipinski definition) is 2. The first-order valence-electron chi connectivity index (χ1n) is 9.24. The Bertz CT molecular complexity index is 927. The van der Waals surface area contributed by atoms with E-state index in [1.54, 1.807) is 0 Å². The van der Waals surface area contributed by atoms with Crippen LogP contribution in [0.25, 0.3) is 0 Å². The van der Waals surface area contributed by atoms with Gasteiger partial charge in [-0.05, 0) is 43.0 Å². The fourth-order valence-electron chi connectivity index (χ4n) is 2.63. The molecule has 0 bridgehead atoms. The van der Waals surface area contributed by atoms with Crippen molar-refractivity contribution in [3.05, 3.63) is 65.2 Å². The van der Waals surface area contributed by atoms with E-state index in [-0.39, 0.29) is 5.91 Å². The Morgan fingerprint density at radius 2 is 1.93 bits per heavy atom. The predicted molar refractivity (Wildman–Crippen MR) is 118 cm³/mol. The number of aromatic nitrogens is 2. The molecule has 0 aliphatic heterocycles. The van der Waals surface area contributed by atoms with E-state index in [1.165, 1.54) is 23.1 Å². The molecule has 3 rings (SSSR count). The van der Waals surface area contributed by atoms with Crippen LogP contribution in [-0.2, 0) is 4.79 Å². The molecule has 5 nitrogen and oxygen atoms in total. The minimum Gasteiger partial charge on any atom is -0.360 e. The predicted octanol–water partition coefficient (Wildman–Crippen LogP) is 5.45. The summed E-state index contributed by atoms with van der Waals surface area (Å²) in [6.07, 6.45) is 1.02. The summed E-state index contributed by atoms with van der Waals surface area (Å²) in [7, 11) is 0. The summed E-state index contributed by atoms with van der Waals surface area (Å²) < 4.78 is 0.767. The van der Waals surface area contributed by atoms with Gasteiger partial charge in [0.15, 0.2) is 4.34 Å². The van der Waals surface area contributed by atoms with Crippen molar-refractivity contribution < 1.29 is 4.79 Å². The minimum atomic E-state index is -0.409. The second kappa shape index (κ2) is 9.71. The fraction of sp³-hybridized carbons (Fsp3) is 0.286. The first-order valence-corrected chi connectivity index (χ1v) is 10.9. The summed E-state index contributed by atoms with van der Waals surface area (Å²) in [6.45, 7) is 6.97. The van der Waals surface area contributed by atoms with Crippen molar-refractivity contribution in [3.63, 3.8) is 0 Å². The first-order chi connectivity index (χ1) is 13.6. The summed E-state index contributed by atoms with van der Waals surface area (Å²) in [5.41, 5.74) is 3.93. The van der Waals surface area contributed by atoms with Gasteiger partial charge in [0.1, 0.15) is 5.25 Å². The number of nitrogens with one attached hydrogen (secondary N) is 2. The van der Waals surface area contributed by atoms with Crippen LogP contribution in [0.2, 0.25) is 0 Å². The van der Waals surface area contributed by atoms with Gasteiger partial charge >= 0.3 is 0 Å². The molecule has 3 aromatic rings. The molecule has 0 spiro atoms. The second-order valence-corrected chi connectivity index (χ2v) is 8.85. The largest absolute Gasteiger partial charge is 0.360 e. The summed E-state index contributed by atoms with van der Waals surface area (Å²) in [4.78, 5) is 13.2. The average Bonchev–Trinajstić information content (AvgIpc) is 3.15. The van der Waals surface area contributed by atoms with Crippen molar-refractivity contribution in [2.75, 3.05) is 17.2 Å². The molecule has 0 aliphatic rings. The highest BCUT2D eigenvalue weighted by atomic mass is 32.2. The number of benzene rings is 2. The van der Waals surface area contributed by atoms with Crippen LogP contribution in [0.3, 0.4) is 0 Å². The SMILES string of the molecule is CCCNc1nnc(S[C@@H](C(=O)Nc2cc(C)ccc2C)c2ccccc2)s1. The quantitative estimate of drug-likeness (QED) is 0.482. The van der Waals surface area contributed by atoms with Crippen LogP contribution >= 0.6 is 23.1 Å². The van der Waals surface area contributed by atoms with Gasteiger partial charge in [0.2, 0.25) is 11.0 Å². The van der Waals surface area contributed by atoms with Gasteiger partial charge in [-0.2, -0.15) is 0 Å². The molecule has 0 radical (unpaired) electrons. The zero-order valence-electron chi connectivity index (χ0n) is 16.2. The third-order valence-electron chi connectivity index (χ3n) is 4.14. The topological polar surface area (TPSA) is 66.9 Å². The highest BCUT2D eigenvalue weighted by Crippen LogP contribution is 2.38. The van der Waals surface area contributed by atoms with Gasteiger partial charge in [-0.1, -0.05) is 72.5 Å². The normalized spacial score (nSPS) is 11.8. The second-order valence-electron chi connectivity index (χ2n) is 6.52. The van der Waals surface area contributed by atoms with Gasteiger partial charge in [0, 0.05) is 12.2 Å². The molecule has 0 aliphatic carbocycles. The van der Waals surface area contributed by atoms with E-state index in [9.17, 15) is 4.79 Å². The Morgan fingerprint density at radius 1 is 1.14 bits per heavy atom. The lowest BCUT2D eigenvalue weighted by Crippen LogP contribution is -2.19. The summed E-state index contributed by atoms with van der Waals surface area (Å²) in [5.74, 6) is -0.0665. The van der Waals surface area contributed by atoms with E-state index in [4.69, 9.17) is 0 Å². The van der Waals surface area contributed by atoms with E-state index in [2.05, 4.69) is 27.8 Å². The number of aryl methyl sites for hydroxylation is 2. The number of hydrogen-bond acceptors (Lipinski definition) is 6. The van der Waals surface area contributed by atoms with Crippen LogP contribution < -0.4 is 10.6 Å². The van der Waals surface area contributed by atoms with Crippen LogP contribution in [0.1, 0.15) is 35.3 Å². The van der Waals surface area contributed by atoms with E-state index in [1.807, 2.05) is 62.4 Å². The molecule has 1 heterocycles. The van der Waals surface area contributed by atoms with Crippen molar-refractivity contribution in [1.82, 2.24) is 10.2 Å². The van der Waals surface area contributed by atoms with Crippen LogP contribution in [-0.4, -0.2) is 22.6 Å². The number of thioether (sulfide) groups is 1. The first kappa shape index (κ1) is 20.4. The Labute approximate surface area is 174 Å². The van der Waals surface area contributed by atoms with Gasteiger partial charge in [0.05, 0.1) is 0 Å². The molecular formula is C21H24N4OS2. The van der Waals surface area contributed by atoms with Crippen molar-refractivity contribution in [1.29, 1.82) is 0 Å². The maximum Gasteiger partial charge on any atom is 0.242 e. The molecule has 1 aromatic heterocycles. The number of anilines is 2. The van der Waals surface area contributed by atoms with E-state index >= 15 is 0 Å². The lowest BCUT2D eigenvalue weighted by molar-refractivity contribution is -0.115. The molecule has 2 N–H and O–H groups in total. The monoisotopic (exact) mass is 412 g/mol. The van der Waals surface area contributed by atoms with E-state index < -0.39 is 5.25 Å². The molecule has 7 heteroatoms. The summed E-state index contributed by atoms with van der Waals surface area (Å²) in [5, 5.41) is 15.1. The van der Waals surface area contributed by atoms with Crippen molar-refractivity contribution >= 4 is 39.8 Å². The van der Waals surface area contributed by atoms with Crippen LogP contribution in [0.5, 0.6) is 0 Å². The molecule has 28 heavy (non-hydrogen) atoms. The lowest BCUT2D eigenvalue weighted by Gasteiger charge is -2.17. The van der Waals surface area contributed by atoms with Crippen LogP contribution in [0, 0.1) is 13.8 Å². The maximum absolute atomic E-state index is 13.2. The molecular weight excluding hydrogens is 388 g/mol. The van der Waals surface area contributed by atoms with Crippen molar-refractivity contribution in [2.45, 2.75) is 36.8 Å². The van der Waals surface area contributed by atoms with Gasteiger partial charge in [-0.15, -0.1) is 10.2 Å². The molecule has 0 saturated carbocycles. The van der Waals surface area contributed by atoms with Crippen LogP contribution in [0.15, 0.2) is 52.9 Å². The Hall–Kier alpha value is -2.38. The van der Waals surface area contributed by atoms with Crippen molar-refractivity contribution in [3.8, 4) is 0 Å². The van der Waals surface area contributed by atoms with E-state index in [0.717, 1.165) is 44.8 Å². The molecule has 1 atom stereocenters. The summed E-state index contributed by atoms with van der Waals surface area (Å²) >= 11 is 2.90. The minimum absolute atomic E-state index is 0.0665. The Kier molecular flexibility index (Phi) is 7.06. The van der Waals surface area contributed by atoms with Crippen LogP contribution in [0.4, 0.5) is 10.8 Å². The fourth-order valence-corrected chi connectivity index (χ4v) is 4.60. The van der Waals surface area contributed by atoms with Crippen molar-refractivity contribution in [2.24, 2.45) is 0 Å². The zero-order chi connectivity index (χ0) is 19.9. The number of carbonyl (C=O) groups is 1. The highest BCUT2D eigenvalue weighted by molar-refractivity contribution is 8.02. The van der Waals surface area contributed by atoms with Gasteiger partial charge < -0.3 is 10.6 Å². The molecule has 0 unspecified atom stereocenters. The van der Waals surface area contributed by atoms with Gasteiger partial charge in [0.25, 0.3) is 0 Å². The molecule has 2 aromatic carbocycles. The molecule has 0 fully saturated rings. The average molecular weight is 413 g/mol. The van der Waals surface area contributed by atoms with Gasteiger partial charge in [-0.3, -0.25) is 4.79 Å². The number of carbonyl (C=O) groups excluding carboxylic acids is 1. The standard InChI is InChI=1S/C21H24N4OS2/c1-4-12-22-20-24-25-21(28-20)27-18(16-8-6-5-7-9-16)19(26)23-17-13-14(2)10-11-15(17)3/h5-11,13,18H,4,12H2,1-3H3,(H,22,24)(H,23,26)/t18-/m1/s1. The number of nitrogens with zero attached hydrogens (tertiary/aromatic N) is 2. The van der Waals surface area contributed by atoms with E-state index in [0.29, 0.717) is 0 Å². The Balaban J connectivity index is 1.82. The Morgan fingerprint density at radius 3 is 2.68 bits per heavy atom.